The Balaban J connectivity index is 2.17. The molecule has 2 amide bonds. The fraction of sp³-hybridized carbons (Fsp3) is 0.368. The van der Waals surface area contributed by atoms with Crippen LogP contribution >= 0.6 is 0 Å². The first-order chi connectivity index (χ1) is 11.9. The molecule has 0 spiro atoms. The molecule has 6 nitrogen and oxygen atoms in total. The lowest BCUT2D eigenvalue weighted by Crippen LogP contribution is -2.32. The van der Waals surface area contributed by atoms with Gasteiger partial charge in [-0.2, -0.15) is 0 Å². The van der Waals surface area contributed by atoms with E-state index in [-0.39, 0.29) is 23.6 Å². The van der Waals surface area contributed by atoms with Gasteiger partial charge in [0.2, 0.25) is 0 Å². The summed E-state index contributed by atoms with van der Waals surface area (Å²) in [4.78, 5) is 24.0. The van der Waals surface area contributed by atoms with Crippen molar-refractivity contribution in [3.05, 3.63) is 52.9 Å². The number of allylic oxidation sites excluding steroid dienone is 2. The summed E-state index contributed by atoms with van der Waals surface area (Å²) in [6.07, 6.45) is 3.84. The fourth-order valence-electron chi connectivity index (χ4n) is 2.21. The van der Waals surface area contributed by atoms with E-state index in [1.807, 2.05) is 26.8 Å². The second-order valence-corrected chi connectivity index (χ2v) is 6.36. The van der Waals surface area contributed by atoms with Crippen LogP contribution in [0.15, 0.2) is 47.3 Å². The van der Waals surface area contributed by atoms with E-state index < -0.39 is 0 Å². The Bertz CT molecular complexity index is 697. The van der Waals surface area contributed by atoms with Crippen molar-refractivity contribution in [3.63, 3.8) is 0 Å². The van der Waals surface area contributed by atoms with E-state index in [4.69, 9.17) is 5.73 Å². The molecule has 5 N–H and O–H groups in total. The normalized spacial score (nSPS) is 14.2. The monoisotopic (exact) mass is 342 g/mol. The smallest absolute Gasteiger partial charge is 0.269 e. The molecule has 1 aromatic carbocycles. The summed E-state index contributed by atoms with van der Waals surface area (Å²) in [5.74, 6) is -0.376. The first-order valence-corrected chi connectivity index (χ1v) is 8.51. The molecule has 1 aliphatic carbocycles. The average molecular weight is 342 g/mol. The molecule has 1 fully saturated rings. The maximum absolute atomic E-state index is 12.2. The minimum Gasteiger partial charge on any atom is -0.393 e. The van der Waals surface area contributed by atoms with Crippen LogP contribution in [0.1, 0.15) is 44.0 Å². The van der Waals surface area contributed by atoms with E-state index >= 15 is 0 Å². The number of benzene rings is 1. The molecule has 0 aliphatic heterocycles. The lowest BCUT2D eigenvalue weighted by molar-refractivity contribution is -0.117. The summed E-state index contributed by atoms with van der Waals surface area (Å²) in [6, 6.07) is 7.28. The second kappa shape index (κ2) is 8.37. The van der Waals surface area contributed by atoms with Gasteiger partial charge in [0.15, 0.2) is 0 Å². The zero-order valence-corrected chi connectivity index (χ0v) is 15.0. The highest BCUT2D eigenvalue weighted by atomic mass is 16.2. The van der Waals surface area contributed by atoms with Gasteiger partial charge in [0.05, 0.1) is 5.70 Å². The number of nitrogens with one attached hydrogen (secondary N) is 3. The molecule has 0 bridgehead atoms. The molecule has 1 aliphatic rings. The molecule has 1 aromatic rings. The molecule has 134 valence electrons. The number of carbonyl (C=O) groups is 2. The molecule has 0 atom stereocenters. The molecule has 0 saturated heterocycles. The highest BCUT2D eigenvalue weighted by Crippen LogP contribution is 2.20. The maximum atomic E-state index is 12.2. The molecule has 2 rings (SSSR count). The van der Waals surface area contributed by atoms with Crippen molar-refractivity contribution >= 4 is 17.5 Å². The van der Waals surface area contributed by atoms with Gasteiger partial charge in [0.25, 0.3) is 11.8 Å². The molecule has 1 saturated carbocycles. The summed E-state index contributed by atoms with van der Waals surface area (Å²) < 4.78 is 0. The number of rotatable bonds is 7. The molecule has 0 heterocycles. The Morgan fingerprint density at radius 1 is 1.20 bits per heavy atom. The maximum Gasteiger partial charge on any atom is 0.269 e. The van der Waals surface area contributed by atoms with Crippen LogP contribution in [0.3, 0.4) is 0 Å². The topological polar surface area (TPSA) is 96.2 Å². The van der Waals surface area contributed by atoms with E-state index in [2.05, 4.69) is 16.0 Å². The molecule has 6 heteroatoms. The predicted octanol–water partition coefficient (Wildman–Crippen LogP) is 2.26. The van der Waals surface area contributed by atoms with E-state index in [9.17, 15) is 9.59 Å². The van der Waals surface area contributed by atoms with Crippen LogP contribution < -0.4 is 21.7 Å². The number of amides is 2. The number of nitrogens with two attached hydrogens (primary N) is 1. The summed E-state index contributed by atoms with van der Waals surface area (Å²) in [6.45, 7) is 6.33. The minimum absolute atomic E-state index is 0.113. The average Bonchev–Trinajstić information content (AvgIpc) is 3.38. The largest absolute Gasteiger partial charge is 0.393 e. The van der Waals surface area contributed by atoms with Crippen molar-refractivity contribution in [2.75, 3.05) is 11.9 Å². The standard InChI is InChI=1S/C19H26N4O2/c1-4-21-18(24)13-5-7-14(8-6-13)22-16(11-12(2)3)17(20)19(25)23-15-9-10-15/h5-8,11,15,22H,4,9-10,20H2,1-3H3,(H,21,24)(H,23,25)/b17-16-. The lowest BCUT2D eigenvalue weighted by atomic mass is 10.1. The van der Waals surface area contributed by atoms with Crippen LogP contribution in [0.25, 0.3) is 0 Å². The Morgan fingerprint density at radius 2 is 1.84 bits per heavy atom. The van der Waals surface area contributed by atoms with Crippen LogP contribution in [0.5, 0.6) is 0 Å². The van der Waals surface area contributed by atoms with Crippen LogP contribution in [-0.4, -0.2) is 24.4 Å². The number of hydrogen-bond donors (Lipinski definition) is 4. The van der Waals surface area contributed by atoms with Crippen molar-refractivity contribution in [2.24, 2.45) is 5.73 Å². The van der Waals surface area contributed by atoms with Gasteiger partial charge in [0.1, 0.15) is 5.70 Å². The lowest BCUT2D eigenvalue weighted by Gasteiger charge is -2.13. The van der Waals surface area contributed by atoms with Gasteiger partial charge in [-0.1, -0.05) is 5.57 Å². The third kappa shape index (κ3) is 5.67. The summed E-state index contributed by atoms with van der Waals surface area (Å²) in [5.41, 5.74) is 9.10. The zero-order valence-electron chi connectivity index (χ0n) is 15.0. The van der Waals surface area contributed by atoms with Crippen molar-refractivity contribution in [3.8, 4) is 0 Å². The highest BCUT2D eigenvalue weighted by Gasteiger charge is 2.24. The zero-order chi connectivity index (χ0) is 18.4. The SMILES string of the molecule is CCNC(=O)c1ccc(N/C(C=C(C)C)=C(\N)C(=O)NC2CC2)cc1. The molecular formula is C19H26N4O2. The van der Waals surface area contributed by atoms with Gasteiger partial charge in [-0.25, -0.2) is 0 Å². The van der Waals surface area contributed by atoms with E-state index in [0.717, 1.165) is 24.1 Å². The van der Waals surface area contributed by atoms with Gasteiger partial charge in [-0.15, -0.1) is 0 Å². The Morgan fingerprint density at radius 3 is 2.36 bits per heavy atom. The van der Waals surface area contributed by atoms with Crippen LogP contribution in [0.2, 0.25) is 0 Å². The van der Waals surface area contributed by atoms with Crippen LogP contribution in [0.4, 0.5) is 5.69 Å². The van der Waals surface area contributed by atoms with E-state index in [1.165, 1.54) is 0 Å². The third-order valence-electron chi connectivity index (χ3n) is 3.64. The molecule has 0 unspecified atom stereocenters. The van der Waals surface area contributed by atoms with E-state index in [1.54, 1.807) is 24.3 Å². The minimum atomic E-state index is -0.263. The molecule has 0 radical (unpaired) electrons. The summed E-state index contributed by atoms with van der Waals surface area (Å²) in [5, 5.41) is 8.81. The van der Waals surface area contributed by atoms with Crippen molar-refractivity contribution in [1.82, 2.24) is 10.6 Å². The first kappa shape index (κ1) is 18.6. The van der Waals surface area contributed by atoms with Gasteiger partial charge in [-0.05, 0) is 64.0 Å². The van der Waals surface area contributed by atoms with Crippen molar-refractivity contribution in [2.45, 2.75) is 39.7 Å². The quantitative estimate of drug-likeness (QED) is 0.451. The van der Waals surface area contributed by atoms with Gasteiger partial charge in [0, 0.05) is 23.8 Å². The van der Waals surface area contributed by atoms with E-state index in [0.29, 0.717) is 17.8 Å². The van der Waals surface area contributed by atoms with Gasteiger partial charge >= 0.3 is 0 Å². The molecule has 25 heavy (non-hydrogen) atoms. The van der Waals surface area contributed by atoms with Gasteiger partial charge in [-0.3, -0.25) is 9.59 Å². The second-order valence-electron chi connectivity index (χ2n) is 6.36. The van der Waals surface area contributed by atoms with Gasteiger partial charge < -0.3 is 21.7 Å². The Labute approximate surface area is 148 Å². The highest BCUT2D eigenvalue weighted by molar-refractivity contribution is 5.95. The summed E-state index contributed by atoms with van der Waals surface area (Å²) >= 11 is 0. The Kier molecular flexibility index (Phi) is 6.22. The van der Waals surface area contributed by atoms with Crippen molar-refractivity contribution < 1.29 is 9.59 Å². The molecule has 0 aromatic heterocycles. The molecular weight excluding hydrogens is 316 g/mol. The van der Waals surface area contributed by atoms with Crippen molar-refractivity contribution in [1.29, 1.82) is 0 Å². The Hall–Kier alpha value is -2.76. The third-order valence-corrected chi connectivity index (χ3v) is 3.64. The first-order valence-electron chi connectivity index (χ1n) is 8.51. The number of anilines is 1. The fourth-order valence-corrected chi connectivity index (χ4v) is 2.21. The van der Waals surface area contributed by atoms with Crippen LogP contribution in [-0.2, 0) is 4.79 Å². The van der Waals surface area contributed by atoms with Crippen LogP contribution in [0, 0.1) is 0 Å². The number of hydrogen-bond acceptors (Lipinski definition) is 4. The predicted molar refractivity (Wildman–Crippen MR) is 99.9 cm³/mol. The summed E-state index contributed by atoms with van der Waals surface area (Å²) in [7, 11) is 0. The number of carbonyl (C=O) groups excluding carboxylic acids is 2.